The molecule has 2 aliphatic rings. The van der Waals surface area contributed by atoms with Crippen LogP contribution in [-0.2, 0) is 33.1 Å². The number of hydrogen-bond acceptors (Lipinski definition) is 4. The number of aliphatic carboxylic acids is 2. The van der Waals surface area contributed by atoms with E-state index in [9.17, 15) is 19.8 Å². The van der Waals surface area contributed by atoms with Crippen LogP contribution in [0.25, 0.3) is 50.4 Å². The first kappa shape index (κ1) is 31.7. The van der Waals surface area contributed by atoms with Crippen LogP contribution < -0.4 is 9.97 Å². The minimum Gasteiger partial charge on any atom is -0.657 e. The summed E-state index contributed by atoms with van der Waals surface area (Å²) in [4.78, 5) is 42.9. The van der Waals surface area contributed by atoms with Gasteiger partial charge in [0.1, 0.15) is 0 Å². The Hall–Kier alpha value is -4.20. The van der Waals surface area contributed by atoms with Crippen LogP contribution in [0.5, 0.6) is 0 Å². The van der Waals surface area contributed by atoms with Crippen molar-refractivity contribution in [1.82, 2.24) is 19.9 Å². The summed E-state index contributed by atoms with van der Waals surface area (Å²) in [6.07, 6.45) is 3.14. The summed E-state index contributed by atoms with van der Waals surface area (Å²) < 4.78 is 0. The zero-order valence-electron chi connectivity index (χ0n) is 25.0. The Bertz CT molecular complexity index is 1890. The number of aromatic nitrogens is 4. The number of nitrogens with zero attached hydrogens (tertiary/aromatic N) is 4. The molecule has 0 aliphatic carbocycles. The van der Waals surface area contributed by atoms with E-state index >= 15 is 0 Å². The van der Waals surface area contributed by atoms with E-state index in [0.29, 0.717) is 29.7 Å². The van der Waals surface area contributed by atoms with Crippen LogP contribution in [0.1, 0.15) is 91.5 Å². The third kappa shape index (κ3) is 6.01. The van der Waals surface area contributed by atoms with Gasteiger partial charge in [-0.3, -0.25) is 9.59 Å². The molecule has 8 nitrogen and oxygen atoms in total. The summed E-state index contributed by atoms with van der Waals surface area (Å²) in [7, 11) is 0. The van der Waals surface area contributed by atoms with Crippen molar-refractivity contribution in [3.05, 3.63) is 75.9 Å². The van der Waals surface area contributed by atoms with E-state index in [4.69, 9.17) is 19.9 Å². The maximum Gasteiger partial charge on any atom is 2.00 e. The first-order valence-electron chi connectivity index (χ1n) is 14.1. The van der Waals surface area contributed by atoms with Gasteiger partial charge >= 0.3 is 29.0 Å². The van der Waals surface area contributed by atoms with Crippen molar-refractivity contribution in [2.75, 3.05) is 0 Å². The van der Waals surface area contributed by atoms with Crippen molar-refractivity contribution < 1.29 is 36.9 Å². The van der Waals surface area contributed by atoms with Crippen molar-refractivity contribution >= 4 is 62.4 Å². The maximum absolute atomic E-state index is 11.5. The van der Waals surface area contributed by atoms with Crippen molar-refractivity contribution in [3.8, 4) is 0 Å². The van der Waals surface area contributed by atoms with E-state index < -0.39 is 11.9 Å². The maximum atomic E-state index is 11.5. The smallest absolute Gasteiger partial charge is 0.657 e. The molecule has 2 aliphatic heterocycles. The summed E-state index contributed by atoms with van der Waals surface area (Å²) in [6.45, 7) is 14.1. The SMILES string of the molecule is C=Cc1c(C)c2cc3nc(cc4[n-]c(cc5nc(cc1[n-]2)C(C)=C5CCC(=O)O)c(CCC(=O)O)c4C)C(C)=C3CC.[Fe+2]. The second-order valence-electron chi connectivity index (χ2n) is 10.8. The van der Waals surface area contributed by atoms with Gasteiger partial charge in [0.05, 0.1) is 22.8 Å². The third-order valence-electron chi connectivity index (χ3n) is 8.30. The molecule has 2 N–H and O–H groups in total. The van der Waals surface area contributed by atoms with Crippen molar-refractivity contribution in [2.45, 2.75) is 66.7 Å². The number of carboxylic acid groups (broad SMARTS) is 2. The number of carboxylic acids is 2. The predicted molar refractivity (Wildman–Crippen MR) is 167 cm³/mol. The Labute approximate surface area is 261 Å². The molecule has 222 valence electrons. The molecule has 0 unspecified atom stereocenters. The molecule has 0 saturated heterocycles. The molecule has 3 aromatic rings. The predicted octanol–water partition coefficient (Wildman–Crippen LogP) is 6.98. The van der Waals surface area contributed by atoms with Gasteiger partial charge in [0, 0.05) is 12.8 Å². The van der Waals surface area contributed by atoms with E-state index in [0.717, 1.165) is 78.9 Å². The number of carbonyl (C=O) groups is 2. The first-order chi connectivity index (χ1) is 20.0. The summed E-state index contributed by atoms with van der Waals surface area (Å²) in [6, 6.07) is 7.77. The quantitative estimate of drug-likeness (QED) is 0.259. The van der Waals surface area contributed by atoms with Crippen molar-refractivity contribution in [1.29, 1.82) is 0 Å². The average Bonchev–Trinajstić information content (AvgIpc) is 3.59. The minimum atomic E-state index is -0.891. The number of hydrogen-bond donors (Lipinski definition) is 2. The van der Waals surface area contributed by atoms with E-state index in [1.165, 1.54) is 0 Å². The van der Waals surface area contributed by atoms with Crippen LogP contribution in [0.2, 0.25) is 0 Å². The third-order valence-corrected chi connectivity index (χ3v) is 8.30. The number of allylic oxidation sites excluding steroid dienone is 4. The van der Waals surface area contributed by atoms with Crippen LogP contribution in [-0.4, -0.2) is 32.1 Å². The molecule has 3 aromatic heterocycles. The Morgan fingerprint density at radius 3 is 1.84 bits per heavy atom. The fourth-order valence-corrected chi connectivity index (χ4v) is 5.83. The zero-order chi connectivity index (χ0) is 30.3. The molecule has 43 heavy (non-hydrogen) atoms. The van der Waals surface area contributed by atoms with Gasteiger partial charge in [-0.1, -0.05) is 60.5 Å². The molecule has 5 heterocycles. The Balaban J connectivity index is 0.00000423. The van der Waals surface area contributed by atoms with E-state index in [-0.39, 0.29) is 29.9 Å². The van der Waals surface area contributed by atoms with Gasteiger partial charge in [0.15, 0.2) is 0 Å². The normalized spacial score (nSPS) is 12.9. The summed E-state index contributed by atoms with van der Waals surface area (Å²) in [5.41, 5.74) is 13.4. The first-order valence-corrected chi connectivity index (χ1v) is 14.1. The number of rotatable bonds is 8. The molecule has 8 bridgehead atoms. The van der Waals surface area contributed by atoms with Crippen LogP contribution in [0.4, 0.5) is 0 Å². The van der Waals surface area contributed by atoms with Gasteiger partial charge in [-0.05, 0) is 74.8 Å². The topological polar surface area (TPSA) is 129 Å². The molecule has 0 saturated carbocycles. The van der Waals surface area contributed by atoms with Crippen LogP contribution in [0.15, 0.2) is 30.8 Å². The Morgan fingerprint density at radius 1 is 0.744 bits per heavy atom. The monoisotopic (exact) mass is 618 g/mol. The molecule has 0 radical (unpaired) electrons. The van der Waals surface area contributed by atoms with E-state index in [1.807, 2.05) is 45.0 Å². The molecule has 0 atom stereocenters. The second kappa shape index (κ2) is 12.6. The molecule has 9 heteroatoms. The summed E-state index contributed by atoms with van der Waals surface area (Å²) >= 11 is 0. The van der Waals surface area contributed by atoms with Gasteiger partial charge in [-0.25, -0.2) is 9.97 Å². The van der Waals surface area contributed by atoms with Gasteiger partial charge in [0.25, 0.3) is 0 Å². The molecule has 0 spiro atoms. The van der Waals surface area contributed by atoms with E-state index in [1.54, 1.807) is 6.08 Å². The standard InChI is InChI=1S/C34H36N4O4.Fe/c1-7-21-17(3)25-13-26-19(5)23(9-11-33(39)40)31(37-26)16-32-24(10-12-34(41)42)20(6)28(38-32)15-30-22(8-2)18(4)27(36-30)14-29(21)35-25;/h8,13-16H,2,7,9-12H2,1,3-6H3,(H4,35,36,37,38,39,40,41,42);/q;+2/p-2. The van der Waals surface area contributed by atoms with E-state index in [2.05, 4.69) is 20.4 Å². The zero-order valence-corrected chi connectivity index (χ0v) is 26.1. The fraction of sp³-hybridized carbons (Fsp3) is 0.294. The molecule has 0 amide bonds. The Morgan fingerprint density at radius 2 is 1.23 bits per heavy atom. The van der Waals surface area contributed by atoms with Gasteiger partial charge in [0.2, 0.25) is 0 Å². The van der Waals surface area contributed by atoms with Crippen LogP contribution >= 0.6 is 0 Å². The van der Waals surface area contributed by atoms with Gasteiger partial charge in [-0.15, -0.1) is 22.1 Å². The summed E-state index contributed by atoms with van der Waals surface area (Å²) in [5, 5.41) is 18.9. The summed E-state index contributed by atoms with van der Waals surface area (Å²) in [5.74, 6) is -1.78. The molecule has 0 fully saturated rings. The fourth-order valence-electron chi connectivity index (χ4n) is 5.83. The van der Waals surface area contributed by atoms with Crippen molar-refractivity contribution in [2.24, 2.45) is 0 Å². The largest absolute Gasteiger partial charge is 2.00 e. The molecule has 0 aromatic carbocycles. The number of fused-ring (bicyclic) bond motifs is 8. The van der Waals surface area contributed by atoms with Crippen LogP contribution in [0.3, 0.4) is 0 Å². The number of aryl methyl sites for hydroxylation is 3. The Kier molecular flexibility index (Phi) is 9.28. The van der Waals surface area contributed by atoms with Crippen LogP contribution in [0, 0.1) is 13.8 Å². The molecular weight excluding hydrogens is 584 g/mol. The second-order valence-corrected chi connectivity index (χ2v) is 10.8. The average molecular weight is 619 g/mol. The minimum absolute atomic E-state index is 0. The van der Waals surface area contributed by atoms with Crippen molar-refractivity contribution in [3.63, 3.8) is 0 Å². The molecule has 5 rings (SSSR count). The molecular formula is C34H34FeN4O4. The van der Waals surface area contributed by atoms with Gasteiger partial charge in [-0.2, -0.15) is 0 Å². The van der Waals surface area contributed by atoms with Gasteiger partial charge < -0.3 is 20.2 Å².